The van der Waals surface area contributed by atoms with Crippen molar-refractivity contribution >= 4 is 28.4 Å². The van der Waals surface area contributed by atoms with Crippen molar-refractivity contribution in [2.45, 2.75) is 99.5 Å². The van der Waals surface area contributed by atoms with Crippen LogP contribution in [-0.4, -0.2) is 89.9 Å². The predicted octanol–water partition coefficient (Wildman–Crippen LogP) is 5.85. The van der Waals surface area contributed by atoms with E-state index in [9.17, 15) is 9.00 Å². The second-order valence-electron chi connectivity index (χ2n) is 13.2. The summed E-state index contributed by atoms with van der Waals surface area (Å²) in [5.41, 5.74) is 0.974. The number of carbonyl (C=O) groups excluding carboxylic acids is 1. The summed E-state index contributed by atoms with van der Waals surface area (Å²) < 4.78 is 11.0. The molecule has 9 heteroatoms. The molecule has 0 amide bonds. The fourth-order valence-electron chi connectivity index (χ4n) is 5.51. The summed E-state index contributed by atoms with van der Waals surface area (Å²) in [7, 11) is 2.98. The maximum atomic E-state index is 11.7. The topological polar surface area (TPSA) is 89.4 Å². The standard InChI is InChI=1S/C23H41N5O.C11H23NOS/c1-16(2)15-21(24-7)26-23(25-8)27-22(19(6)17(3)4)28(14-13-18(5)29)20-11-9-10-12-20;1-10(2)11-5-4-6-12(9-11)7-8-14(3)13/h15-17,20,24H,6,9-14H2,1-5,7-8H3,(H,25,26);10-11H,4-9H2,1-3H3/b21-15+,27-22+;. The van der Waals surface area contributed by atoms with Crippen LogP contribution in [-0.2, 0) is 15.6 Å². The molecule has 2 atom stereocenters. The number of aliphatic imine (C=N–C) groups is 2. The summed E-state index contributed by atoms with van der Waals surface area (Å²) in [5, 5.41) is 6.46. The Morgan fingerprint density at radius 3 is 2.26 bits per heavy atom. The maximum Gasteiger partial charge on any atom is 0.225 e. The third-order valence-electron chi connectivity index (χ3n) is 8.35. The SMILES string of the molecule is C=C(/C(=N\C(=NC)N/C(=C/C(C)C)NC)N(CCC(C)=O)C1CCCC1)C(C)C.CC(C)C1CCCN(CCS(C)=O)C1. The van der Waals surface area contributed by atoms with Crippen molar-refractivity contribution in [3.05, 3.63) is 24.0 Å². The van der Waals surface area contributed by atoms with Crippen LogP contribution in [0.1, 0.15) is 93.4 Å². The molecule has 0 spiro atoms. The highest BCUT2D eigenvalue weighted by atomic mass is 32.2. The minimum atomic E-state index is -0.631. The van der Waals surface area contributed by atoms with Crippen LogP contribution >= 0.6 is 0 Å². The van der Waals surface area contributed by atoms with Gasteiger partial charge in [0.15, 0.2) is 0 Å². The molecule has 0 aromatic heterocycles. The van der Waals surface area contributed by atoms with E-state index in [1.807, 2.05) is 7.05 Å². The molecular weight excluding hydrogens is 556 g/mol. The van der Waals surface area contributed by atoms with E-state index in [4.69, 9.17) is 4.99 Å². The zero-order chi connectivity index (χ0) is 32.5. The van der Waals surface area contributed by atoms with Crippen molar-refractivity contribution in [2.24, 2.45) is 33.7 Å². The Bertz CT molecular complexity index is 966. The summed E-state index contributed by atoms with van der Waals surface area (Å²) in [6.07, 6.45) is 11.8. The Hall–Kier alpha value is -2.00. The number of likely N-dealkylation sites (tertiary alicyclic amines) is 1. The summed E-state index contributed by atoms with van der Waals surface area (Å²) >= 11 is 0. The van der Waals surface area contributed by atoms with Gasteiger partial charge in [0.2, 0.25) is 5.96 Å². The van der Waals surface area contributed by atoms with Crippen LogP contribution in [0.2, 0.25) is 0 Å². The van der Waals surface area contributed by atoms with Crippen LogP contribution in [0.25, 0.3) is 0 Å². The van der Waals surface area contributed by atoms with Crippen molar-refractivity contribution in [1.82, 2.24) is 20.4 Å². The highest BCUT2D eigenvalue weighted by molar-refractivity contribution is 7.84. The van der Waals surface area contributed by atoms with Gasteiger partial charge in [-0.15, -0.1) is 0 Å². The van der Waals surface area contributed by atoms with E-state index in [2.05, 4.69) is 79.6 Å². The monoisotopic (exact) mass is 620 g/mol. The number of nitrogens with one attached hydrogen (secondary N) is 2. The molecule has 1 aliphatic heterocycles. The lowest BCUT2D eigenvalue weighted by atomic mass is 9.88. The van der Waals surface area contributed by atoms with Gasteiger partial charge in [0.25, 0.3) is 0 Å². The summed E-state index contributed by atoms with van der Waals surface area (Å²) in [4.78, 5) is 25.8. The molecule has 1 saturated heterocycles. The first kappa shape index (κ1) is 39.0. The van der Waals surface area contributed by atoms with Crippen LogP contribution in [0.5, 0.6) is 0 Å². The van der Waals surface area contributed by atoms with Crippen LogP contribution in [0.4, 0.5) is 0 Å². The van der Waals surface area contributed by atoms with E-state index < -0.39 is 10.8 Å². The lowest BCUT2D eigenvalue weighted by molar-refractivity contribution is -0.117. The number of hydrogen-bond acceptors (Lipinski definition) is 5. The van der Waals surface area contributed by atoms with Crippen LogP contribution < -0.4 is 10.6 Å². The summed E-state index contributed by atoms with van der Waals surface area (Å²) in [5.74, 6) is 5.59. The third-order valence-corrected chi connectivity index (χ3v) is 9.10. The zero-order valence-corrected chi connectivity index (χ0v) is 30.0. The van der Waals surface area contributed by atoms with Crippen LogP contribution in [0.15, 0.2) is 34.0 Å². The molecule has 2 aliphatic rings. The first-order valence-corrected chi connectivity index (χ1v) is 18.2. The first-order chi connectivity index (χ1) is 20.3. The van der Waals surface area contributed by atoms with Gasteiger partial charge >= 0.3 is 0 Å². The molecule has 0 aromatic rings. The lowest BCUT2D eigenvalue weighted by Gasteiger charge is -2.34. The number of allylic oxidation sites excluding steroid dienone is 1. The van der Waals surface area contributed by atoms with E-state index in [0.717, 1.165) is 54.2 Å². The van der Waals surface area contributed by atoms with Crippen LogP contribution in [0, 0.1) is 23.7 Å². The van der Waals surface area contributed by atoms with Gasteiger partial charge in [0.1, 0.15) is 17.4 Å². The number of amidine groups is 1. The van der Waals surface area contributed by atoms with Gasteiger partial charge in [-0.05, 0) is 74.5 Å². The zero-order valence-electron chi connectivity index (χ0n) is 29.2. The maximum absolute atomic E-state index is 11.7. The number of Topliss-reactive ketones (excluding diaryl/α,β-unsaturated/α-hetero) is 1. The molecule has 2 N–H and O–H groups in total. The van der Waals surface area contributed by atoms with E-state index in [1.54, 1.807) is 20.2 Å². The highest BCUT2D eigenvalue weighted by Crippen LogP contribution is 2.27. The number of hydrogen-bond donors (Lipinski definition) is 2. The van der Waals surface area contributed by atoms with Crippen molar-refractivity contribution < 1.29 is 9.00 Å². The van der Waals surface area contributed by atoms with E-state index in [0.29, 0.717) is 30.9 Å². The number of nitrogens with zero attached hydrogens (tertiary/aromatic N) is 4. The van der Waals surface area contributed by atoms with Gasteiger partial charge < -0.3 is 20.4 Å². The number of rotatable bonds is 13. The number of carbonyl (C=O) groups is 1. The molecule has 0 aromatic carbocycles. The fourth-order valence-corrected chi connectivity index (χ4v) is 6.02. The molecular formula is C34H64N6O2S. The number of guanidine groups is 1. The van der Waals surface area contributed by atoms with Crippen molar-refractivity contribution in [3.63, 3.8) is 0 Å². The molecule has 2 rings (SSSR count). The highest BCUT2D eigenvalue weighted by Gasteiger charge is 2.28. The molecule has 248 valence electrons. The van der Waals surface area contributed by atoms with E-state index in [-0.39, 0.29) is 11.7 Å². The average molecular weight is 621 g/mol. The average Bonchev–Trinajstić information content (AvgIpc) is 3.48. The molecule has 43 heavy (non-hydrogen) atoms. The second-order valence-corrected chi connectivity index (χ2v) is 14.7. The fraction of sp³-hybridized carbons (Fsp3) is 0.794. The summed E-state index contributed by atoms with van der Waals surface area (Å²) in [6.45, 7) is 23.2. The van der Waals surface area contributed by atoms with Gasteiger partial charge in [-0.25, -0.2) is 0 Å². The molecule has 2 fully saturated rings. The van der Waals surface area contributed by atoms with Gasteiger partial charge in [0, 0.05) is 69.0 Å². The largest absolute Gasteiger partial charge is 0.375 e. The van der Waals surface area contributed by atoms with Crippen molar-refractivity contribution in [3.8, 4) is 0 Å². The smallest absolute Gasteiger partial charge is 0.225 e. The molecule has 1 saturated carbocycles. The normalized spacial score (nSPS) is 19.8. The molecule has 1 aliphatic carbocycles. The van der Waals surface area contributed by atoms with Crippen molar-refractivity contribution in [2.75, 3.05) is 52.3 Å². The van der Waals surface area contributed by atoms with Gasteiger partial charge in [-0.3, -0.25) is 14.0 Å². The van der Waals surface area contributed by atoms with Crippen LogP contribution in [0.3, 0.4) is 0 Å². The Balaban J connectivity index is 0.000000549. The minimum Gasteiger partial charge on any atom is -0.375 e. The van der Waals surface area contributed by atoms with E-state index in [1.165, 1.54) is 38.8 Å². The van der Waals surface area contributed by atoms with E-state index >= 15 is 0 Å². The molecule has 1 heterocycles. The minimum absolute atomic E-state index is 0.197. The third kappa shape index (κ3) is 15.5. The van der Waals surface area contributed by atoms with Gasteiger partial charge in [-0.2, -0.15) is 4.99 Å². The molecule has 2 unspecified atom stereocenters. The summed E-state index contributed by atoms with van der Waals surface area (Å²) in [6, 6.07) is 0.400. The van der Waals surface area contributed by atoms with Gasteiger partial charge in [-0.1, -0.05) is 61.0 Å². The number of piperidine rings is 1. The Kier molecular flexibility index (Phi) is 18.9. The van der Waals surface area contributed by atoms with Gasteiger partial charge in [0.05, 0.1) is 0 Å². The molecule has 0 radical (unpaired) electrons. The quantitative estimate of drug-likeness (QED) is 0.199. The number of ketones is 1. The second kappa shape index (κ2) is 20.9. The Morgan fingerprint density at radius 1 is 1.12 bits per heavy atom. The Labute approximate surface area is 266 Å². The van der Waals surface area contributed by atoms with Crippen molar-refractivity contribution in [1.29, 1.82) is 0 Å². The molecule has 8 nitrogen and oxygen atoms in total. The Morgan fingerprint density at radius 2 is 1.77 bits per heavy atom. The first-order valence-electron chi connectivity index (χ1n) is 16.5. The predicted molar refractivity (Wildman–Crippen MR) is 187 cm³/mol. The lowest BCUT2D eigenvalue weighted by Crippen LogP contribution is -2.43. The molecule has 0 bridgehead atoms.